The van der Waals surface area contributed by atoms with Gasteiger partial charge in [0.1, 0.15) is 11.4 Å². The highest BCUT2D eigenvalue weighted by molar-refractivity contribution is 5.84. The van der Waals surface area contributed by atoms with E-state index in [1.807, 2.05) is 0 Å². The standard InChI is InChI=1S/C12H18FN3O2/c1-12(2,3)18-11(17)16-9-4-5-10(13)8(6-9)7-15-14/h4-6,15H,7,14H2,1-3H3,(H,16,17). The van der Waals surface area contributed by atoms with Crippen LogP contribution >= 0.6 is 0 Å². The van der Waals surface area contributed by atoms with Crippen molar-refractivity contribution in [2.45, 2.75) is 32.9 Å². The van der Waals surface area contributed by atoms with Gasteiger partial charge in [0.15, 0.2) is 0 Å². The van der Waals surface area contributed by atoms with Crippen molar-refractivity contribution in [2.75, 3.05) is 5.32 Å². The minimum atomic E-state index is -0.583. The molecule has 6 heteroatoms. The Morgan fingerprint density at radius 1 is 1.44 bits per heavy atom. The minimum absolute atomic E-state index is 0.176. The number of benzene rings is 1. The number of carbonyl (C=O) groups is 1. The lowest BCUT2D eigenvalue weighted by molar-refractivity contribution is 0.0636. The molecule has 0 radical (unpaired) electrons. The number of halogens is 1. The van der Waals surface area contributed by atoms with Crippen LogP contribution < -0.4 is 16.6 Å². The van der Waals surface area contributed by atoms with Crippen LogP contribution in [-0.2, 0) is 11.3 Å². The Hall–Kier alpha value is -1.66. The van der Waals surface area contributed by atoms with Gasteiger partial charge in [-0.2, -0.15) is 0 Å². The number of amides is 1. The Kier molecular flexibility index (Phi) is 4.63. The van der Waals surface area contributed by atoms with E-state index in [0.29, 0.717) is 11.3 Å². The molecule has 0 aromatic heterocycles. The molecular formula is C12H18FN3O2. The fourth-order valence-electron chi connectivity index (χ4n) is 1.32. The van der Waals surface area contributed by atoms with Crippen molar-refractivity contribution in [1.82, 2.24) is 5.43 Å². The molecule has 0 saturated heterocycles. The zero-order valence-electron chi connectivity index (χ0n) is 10.7. The Morgan fingerprint density at radius 3 is 2.67 bits per heavy atom. The van der Waals surface area contributed by atoms with E-state index in [9.17, 15) is 9.18 Å². The van der Waals surface area contributed by atoms with Crippen molar-refractivity contribution in [2.24, 2.45) is 5.84 Å². The number of nitrogens with one attached hydrogen (secondary N) is 2. The fraction of sp³-hybridized carbons (Fsp3) is 0.417. The zero-order valence-corrected chi connectivity index (χ0v) is 10.7. The summed E-state index contributed by atoms with van der Waals surface area (Å²) in [5.41, 5.74) is 2.60. The van der Waals surface area contributed by atoms with Gasteiger partial charge in [-0.15, -0.1) is 0 Å². The average Bonchev–Trinajstić information content (AvgIpc) is 2.20. The molecule has 18 heavy (non-hydrogen) atoms. The lowest BCUT2D eigenvalue weighted by atomic mass is 10.2. The Bertz CT molecular complexity index is 430. The van der Waals surface area contributed by atoms with Crippen molar-refractivity contribution in [3.63, 3.8) is 0 Å². The van der Waals surface area contributed by atoms with Crippen molar-refractivity contribution in [1.29, 1.82) is 0 Å². The third-order valence-corrected chi connectivity index (χ3v) is 1.98. The van der Waals surface area contributed by atoms with Gasteiger partial charge in [-0.05, 0) is 39.0 Å². The molecule has 1 aromatic rings. The fourth-order valence-corrected chi connectivity index (χ4v) is 1.32. The number of anilines is 1. The van der Waals surface area contributed by atoms with Crippen LogP contribution in [0, 0.1) is 5.82 Å². The first-order valence-corrected chi connectivity index (χ1v) is 5.54. The summed E-state index contributed by atoms with van der Waals surface area (Å²) < 4.78 is 18.4. The smallest absolute Gasteiger partial charge is 0.412 e. The van der Waals surface area contributed by atoms with Crippen molar-refractivity contribution >= 4 is 11.8 Å². The van der Waals surface area contributed by atoms with E-state index < -0.39 is 11.7 Å². The van der Waals surface area contributed by atoms with E-state index in [-0.39, 0.29) is 12.4 Å². The average molecular weight is 255 g/mol. The molecule has 0 bridgehead atoms. The number of ether oxygens (including phenoxy) is 1. The molecule has 1 rings (SSSR count). The maximum Gasteiger partial charge on any atom is 0.412 e. The molecule has 4 N–H and O–H groups in total. The normalized spacial score (nSPS) is 11.2. The molecule has 5 nitrogen and oxygen atoms in total. The number of rotatable bonds is 3. The lowest BCUT2D eigenvalue weighted by Crippen LogP contribution is -2.27. The predicted octanol–water partition coefficient (Wildman–Crippen LogP) is 2.14. The first-order chi connectivity index (χ1) is 8.31. The van der Waals surface area contributed by atoms with E-state index in [4.69, 9.17) is 10.6 Å². The predicted molar refractivity (Wildman–Crippen MR) is 67.3 cm³/mol. The molecule has 0 spiro atoms. The molecule has 0 aliphatic carbocycles. The van der Waals surface area contributed by atoms with Crippen molar-refractivity contribution in [3.05, 3.63) is 29.6 Å². The number of nitrogens with two attached hydrogens (primary N) is 1. The van der Waals surface area contributed by atoms with Crippen LogP contribution in [0.1, 0.15) is 26.3 Å². The second-order valence-corrected chi connectivity index (χ2v) is 4.81. The van der Waals surface area contributed by atoms with Gasteiger partial charge in [0.25, 0.3) is 0 Å². The number of hydrogen-bond acceptors (Lipinski definition) is 4. The van der Waals surface area contributed by atoms with E-state index >= 15 is 0 Å². The molecular weight excluding hydrogens is 237 g/mol. The van der Waals surface area contributed by atoms with Crippen molar-refractivity contribution < 1.29 is 13.9 Å². The van der Waals surface area contributed by atoms with Crippen LogP contribution in [0.5, 0.6) is 0 Å². The Balaban J connectivity index is 2.73. The van der Waals surface area contributed by atoms with E-state index in [2.05, 4.69) is 10.7 Å². The zero-order chi connectivity index (χ0) is 13.8. The van der Waals surface area contributed by atoms with Gasteiger partial charge in [0.2, 0.25) is 0 Å². The number of hydrogen-bond donors (Lipinski definition) is 3. The summed E-state index contributed by atoms with van der Waals surface area (Å²) in [5, 5.41) is 2.53. The monoisotopic (exact) mass is 255 g/mol. The van der Waals surface area contributed by atoms with Crippen molar-refractivity contribution in [3.8, 4) is 0 Å². The lowest BCUT2D eigenvalue weighted by Gasteiger charge is -2.19. The highest BCUT2D eigenvalue weighted by Gasteiger charge is 2.16. The molecule has 1 aromatic carbocycles. The summed E-state index contributed by atoms with van der Waals surface area (Å²) in [6.45, 7) is 5.47. The molecule has 0 unspecified atom stereocenters. The largest absolute Gasteiger partial charge is 0.444 e. The molecule has 100 valence electrons. The van der Waals surface area contributed by atoms with Gasteiger partial charge in [-0.25, -0.2) is 9.18 Å². The topological polar surface area (TPSA) is 76.4 Å². The minimum Gasteiger partial charge on any atom is -0.444 e. The van der Waals surface area contributed by atoms with E-state index in [1.165, 1.54) is 18.2 Å². The molecule has 0 aliphatic heterocycles. The molecule has 0 atom stereocenters. The Labute approximate surface area is 105 Å². The molecule has 0 heterocycles. The summed E-state index contributed by atoms with van der Waals surface area (Å²) >= 11 is 0. The summed E-state index contributed by atoms with van der Waals surface area (Å²) in [6.07, 6.45) is -0.583. The Morgan fingerprint density at radius 2 is 2.11 bits per heavy atom. The van der Waals surface area contributed by atoms with Gasteiger partial charge < -0.3 is 4.74 Å². The van der Waals surface area contributed by atoms with Crippen LogP contribution in [0.3, 0.4) is 0 Å². The second kappa shape index (κ2) is 5.79. The molecule has 0 saturated carbocycles. The van der Waals surface area contributed by atoms with E-state index in [0.717, 1.165) is 0 Å². The van der Waals surface area contributed by atoms with Crippen LogP contribution in [0.4, 0.5) is 14.9 Å². The molecule has 0 fully saturated rings. The van der Waals surface area contributed by atoms with Gasteiger partial charge in [0, 0.05) is 17.8 Å². The molecule has 0 aliphatic rings. The van der Waals surface area contributed by atoms with Gasteiger partial charge in [-0.1, -0.05) is 0 Å². The van der Waals surface area contributed by atoms with Crippen LogP contribution in [0.15, 0.2) is 18.2 Å². The van der Waals surface area contributed by atoms with Gasteiger partial charge in [0.05, 0.1) is 0 Å². The second-order valence-electron chi connectivity index (χ2n) is 4.81. The van der Waals surface area contributed by atoms with Crippen LogP contribution in [0.25, 0.3) is 0 Å². The molecule has 1 amide bonds. The maximum atomic E-state index is 13.3. The quantitative estimate of drug-likeness (QED) is 0.571. The van der Waals surface area contributed by atoms with Gasteiger partial charge in [-0.3, -0.25) is 16.6 Å². The maximum absolute atomic E-state index is 13.3. The highest BCUT2D eigenvalue weighted by atomic mass is 19.1. The van der Waals surface area contributed by atoms with E-state index in [1.54, 1.807) is 20.8 Å². The van der Waals surface area contributed by atoms with Crippen LogP contribution in [-0.4, -0.2) is 11.7 Å². The highest BCUT2D eigenvalue weighted by Crippen LogP contribution is 2.16. The summed E-state index contributed by atoms with van der Waals surface area (Å²) in [7, 11) is 0. The SMILES string of the molecule is CC(C)(C)OC(=O)Nc1ccc(F)c(CNN)c1. The number of carbonyl (C=O) groups excluding carboxylic acids is 1. The summed E-state index contributed by atoms with van der Waals surface area (Å²) in [6, 6.07) is 4.22. The van der Waals surface area contributed by atoms with Crippen LogP contribution in [0.2, 0.25) is 0 Å². The number of hydrazine groups is 1. The third kappa shape index (κ3) is 4.68. The summed E-state index contributed by atoms with van der Waals surface area (Å²) in [4.78, 5) is 11.5. The first-order valence-electron chi connectivity index (χ1n) is 5.54. The first kappa shape index (κ1) is 14.4. The van der Waals surface area contributed by atoms with Gasteiger partial charge >= 0.3 is 6.09 Å². The summed E-state index contributed by atoms with van der Waals surface area (Å²) in [5.74, 6) is 4.75. The third-order valence-electron chi connectivity index (χ3n) is 1.98.